The van der Waals surface area contributed by atoms with Crippen LogP contribution in [0.25, 0.3) is 0 Å². The van der Waals surface area contributed by atoms with Crippen molar-refractivity contribution in [2.24, 2.45) is 11.8 Å². The lowest BCUT2D eigenvalue weighted by atomic mass is 9.75. The van der Waals surface area contributed by atoms with Gasteiger partial charge >= 0.3 is 0 Å². The van der Waals surface area contributed by atoms with E-state index in [1.54, 1.807) is 0 Å². The van der Waals surface area contributed by atoms with Crippen molar-refractivity contribution >= 4 is 5.78 Å². The minimum absolute atomic E-state index is 0.0908. The zero-order chi connectivity index (χ0) is 12.2. The Labute approximate surface area is 99.4 Å². The molecule has 0 radical (unpaired) electrons. The van der Waals surface area contributed by atoms with Crippen LogP contribution in [0, 0.1) is 11.8 Å². The van der Waals surface area contributed by atoms with Crippen molar-refractivity contribution in [2.45, 2.75) is 71.3 Å². The lowest BCUT2D eigenvalue weighted by Gasteiger charge is -2.34. The molecule has 1 saturated carbocycles. The average Bonchev–Trinajstić information content (AvgIpc) is 2.29. The fraction of sp³-hybridized carbons (Fsp3) is 0.929. The SMILES string of the molecule is CCC(CC)CC(=O)C1(O)CCC(C)CC1. The Hall–Kier alpha value is -0.370. The van der Waals surface area contributed by atoms with Crippen molar-refractivity contribution in [3.05, 3.63) is 0 Å². The molecule has 0 amide bonds. The summed E-state index contributed by atoms with van der Waals surface area (Å²) in [5, 5.41) is 10.3. The van der Waals surface area contributed by atoms with Crippen LogP contribution in [-0.4, -0.2) is 16.5 Å². The molecule has 94 valence electrons. The van der Waals surface area contributed by atoms with Crippen molar-refractivity contribution in [3.8, 4) is 0 Å². The van der Waals surface area contributed by atoms with E-state index in [0.717, 1.165) is 25.7 Å². The van der Waals surface area contributed by atoms with Crippen LogP contribution in [-0.2, 0) is 4.79 Å². The van der Waals surface area contributed by atoms with Crippen LogP contribution in [0.3, 0.4) is 0 Å². The minimum Gasteiger partial charge on any atom is -0.382 e. The maximum Gasteiger partial charge on any atom is 0.164 e. The van der Waals surface area contributed by atoms with Crippen LogP contribution < -0.4 is 0 Å². The second kappa shape index (κ2) is 5.81. The largest absolute Gasteiger partial charge is 0.382 e. The topological polar surface area (TPSA) is 37.3 Å². The van der Waals surface area contributed by atoms with Gasteiger partial charge in [-0.3, -0.25) is 4.79 Å². The standard InChI is InChI=1S/C14H26O2/c1-4-12(5-2)10-13(15)14(16)8-6-11(3)7-9-14/h11-12,16H,4-10H2,1-3H3. The summed E-state index contributed by atoms with van der Waals surface area (Å²) in [6, 6.07) is 0. The van der Waals surface area contributed by atoms with Gasteiger partial charge in [0.2, 0.25) is 0 Å². The van der Waals surface area contributed by atoms with Crippen LogP contribution in [0.5, 0.6) is 0 Å². The van der Waals surface area contributed by atoms with E-state index in [1.165, 1.54) is 0 Å². The zero-order valence-corrected chi connectivity index (χ0v) is 11.0. The summed E-state index contributed by atoms with van der Waals surface area (Å²) in [7, 11) is 0. The molecule has 0 aromatic heterocycles. The second-order valence-corrected chi connectivity index (χ2v) is 5.52. The summed E-state index contributed by atoms with van der Waals surface area (Å²) in [5.74, 6) is 1.21. The average molecular weight is 226 g/mol. The van der Waals surface area contributed by atoms with Crippen molar-refractivity contribution in [1.29, 1.82) is 0 Å². The second-order valence-electron chi connectivity index (χ2n) is 5.52. The molecule has 0 spiro atoms. The first-order chi connectivity index (χ1) is 7.51. The Kier molecular flexibility index (Phi) is 4.97. The molecule has 0 aliphatic heterocycles. The van der Waals surface area contributed by atoms with E-state index in [-0.39, 0.29) is 5.78 Å². The van der Waals surface area contributed by atoms with Crippen molar-refractivity contribution in [1.82, 2.24) is 0 Å². The Bertz CT molecular complexity index is 223. The minimum atomic E-state index is -0.991. The Morgan fingerprint density at radius 3 is 2.25 bits per heavy atom. The molecule has 0 aromatic rings. The Morgan fingerprint density at radius 1 is 1.31 bits per heavy atom. The molecule has 2 nitrogen and oxygen atoms in total. The molecular weight excluding hydrogens is 200 g/mol. The van der Waals surface area contributed by atoms with Crippen molar-refractivity contribution in [3.63, 3.8) is 0 Å². The van der Waals surface area contributed by atoms with Gasteiger partial charge in [-0.25, -0.2) is 0 Å². The molecule has 16 heavy (non-hydrogen) atoms. The molecule has 1 aliphatic carbocycles. The third kappa shape index (κ3) is 3.31. The van der Waals surface area contributed by atoms with Crippen LogP contribution >= 0.6 is 0 Å². The summed E-state index contributed by atoms with van der Waals surface area (Å²) >= 11 is 0. The smallest absolute Gasteiger partial charge is 0.164 e. The van der Waals surface area contributed by atoms with Gasteiger partial charge in [-0.2, -0.15) is 0 Å². The zero-order valence-electron chi connectivity index (χ0n) is 11.0. The van der Waals surface area contributed by atoms with Gasteiger partial charge in [-0.05, 0) is 37.5 Å². The van der Waals surface area contributed by atoms with Crippen LogP contribution in [0.4, 0.5) is 0 Å². The maximum absolute atomic E-state index is 12.1. The van der Waals surface area contributed by atoms with E-state index >= 15 is 0 Å². The predicted octanol–water partition coefficient (Wildman–Crippen LogP) is 3.32. The molecule has 0 atom stereocenters. The number of carbonyl (C=O) groups is 1. The molecule has 1 rings (SSSR count). The third-order valence-electron chi connectivity index (χ3n) is 4.25. The summed E-state index contributed by atoms with van der Waals surface area (Å²) < 4.78 is 0. The van der Waals surface area contributed by atoms with Gasteiger partial charge in [-0.15, -0.1) is 0 Å². The van der Waals surface area contributed by atoms with Gasteiger partial charge in [0.05, 0.1) is 0 Å². The third-order valence-corrected chi connectivity index (χ3v) is 4.25. The quantitative estimate of drug-likeness (QED) is 0.780. The highest BCUT2D eigenvalue weighted by Crippen LogP contribution is 2.34. The molecule has 2 heteroatoms. The van der Waals surface area contributed by atoms with Gasteiger partial charge in [-0.1, -0.05) is 33.6 Å². The molecule has 1 aliphatic rings. The van der Waals surface area contributed by atoms with E-state index in [4.69, 9.17) is 0 Å². The summed E-state index contributed by atoms with van der Waals surface area (Å²) in [6.45, 7) is 6.44. The molecular formula is C14H26O2. The number of rotatable bonds is 5. The highest BCUT2D eigenvalue weighted by molar-refractivity contribution is 5.87. The molecule has 1 N–H and O–H groups in total. The first-order valence-electron chi connectivity index (χ1n) is 6.77. The lowest BCUT2D eigenvalue weighted by Crippen LogP contribution is -2.42. The predicted molar refractivity (Wildman–Crippen MR) is 66.3 cm³/mol. The fourth-order valence-electron chi connectivity index (χ4n) is 2.55. The molecule has 0 aromatic carbocycles. The molecule has 0 unspecified atom stereocenters. The highest BCUT2D eigenvalue weighted by atomic mass is 16.3. The maximum atomic E-state index is 12.1. The summed E-state index contributed by atoms with van der Waals surface area (Å²) in [6.07, 6.45) is 5.97. The number of carbonyl (C=O) groups excluding carboxylic acids is 1. The number of aliphatic hydroxyl groups is 1. The lowest BCUT2D eigenvalue weighted by molar-refractivity contribution is -0.142. The molecule has 1 fully saturated rings. The van der Waals surface area contributed by atoms with Gasteiger partial charge < -0.3 is 5.11 Å². The van der Waals surface area contributed by atoms with Crippen LogP contribution in [0.1, 0.15) is 65.7 Å². The Balaban J connectivity index is 2.52. The fourth-order valence-corrected chi connectivity index (χ4v) is 2.55. The van der Waals surface area contributed by atoms with Crippen LogP contribution in [0.15, 0.2) is 0 Å². The number of Topliss-reactive ketones (excluding diaryl/α,β-unsaturated/α-hetero) is 1. The van der Waals surface area contributed by atoms with Crippen molar-refractivity contribution < 1.29 is 9.90 Å². The first kappa shape index (κ1) is 13.7. The van der Waals surface area contributed by atoms with Gasteiger partial charge in [0.15, 0.2) is 5.78 Å². The van der Waals surface area contributed by atoms with E-state index < -0.39 is 5.60 Å². The van der Waals surface area contributed by atoms with Crippen LogP contribution in [0.2, 0.25) is 0 Å². The van der Waals surface area contributed by atoms with Gasteiger partial charge in [0.1, 0.15) is 5.60 Å². The van der Waals surface area contributed by atoms with E-state index in [2.05, 4.69) is 20.8 Å². The number of ketones is 1. The van der Waals surface area contributed by atoms with Gasteiger partial charge in [0.25, 0.3) is 0 Å². The summed E-state index contributed by atoms with van der Waals surface area (Å²) in [5.41, 5.74) is -0.991. The van der Waals surface area contributed by atoms with Crippen molar-refractivity contribution in [2.75, 3.05) is 0 Å². The molecule has 0 saturated heterocycles. The van der Waals surface area contributed by atoms with Gasteiger partial charge in [0, 0.05) is 6.42 Å². The monoisotopic (exact) mass is 226 g/mol. The van der Waals surface area contributed by atoms with E-state index in [0.29, 0.717) is 31.1 Å². The molecule has 0 heterocycles. The van der Waals surface area contributed by atoms with E-state index in [9.17, 15) is 9.90 Å². The summed E-state index contributed by atoms with van der Waals surface area (Å²) in [4.78, 5) is 12.1. The first-order valence-corrected chi connectivity index (χ1v) is 6.77. The number of hydrogen-bond donors (Lipinski definition) is 1. The Morgan fingerprint density at radius 2 is 1.81 bits per heavy atom. The number of hydrogen-bond acceptors (Lipinski definition) is 2. The normalized spacial score (nSPS) is 30.7. The van der Waals surface area contributed by atoms with E-state index in [1.807, 2.05) is 0 Å². The highest BCUT2D eigenvalue weighted by Gasteiger charge is 2.38. The molecule has 0 bridgehead atoms.